The zero-order valence-electron chi connectivity index (χ0n) is 11.2. The highest BCUT2D eigenvalue weighted by Crippen LogP contribution is 2.18. The first-order valence-corrected chi connectivity index (χ1v) is 7.36. The first kappa shape index (κ1) is 16.0. The summed E-state index contributed by atoms with van der Waals surface area (Å²) in [5, 5.41) is 18.5. The van der Waals surface area contributed by atoms with Crippen molar-refractivity contribution in [1.82, 2.24) is 4.31 Å². The Labute approximate surface area is 113 Å². The summed E-state index contributed by atoms with van der Waals surface area (Å²) >= 11 is 0. The molecule has 0 unspecified atom stereocenters. The van der Waals surface area contributed by atoms with Crippen molar-refractivity contribution in [3.8, 4) is 5.75 Å². The largest absolute Gasteiger partial charge is 0.497 e. The van der Waals surface area contributed by atoms with Crippen LogP contribution in [0.1, 0.15) is 13.8 Å². The van der Waals surface area contributed by atoms with E-state index in [9.17, 15) is 18.5 Å². The second-order valence-corrected chi connectivity index (χ2v) is 5.80. The molecule has 0 heterocycles. The second-order valence-electron chi connectivity index (χ2n) is 3.87. The lowest BCUT2D eigenvalue weighted by molar-refractivity contribution is 0.402. The van der Waals surface area contributed by atoms with Crippen molar-refractivity contribution < 1.29 is 23.2 Å². The summed E-state index contributed by atoms with van der Waals surface area (Å²) in [4.78, 5) is 0.0140. The van der Waals surface area contributed by atoms with E-state index in [1.165, 1.54) is 29.6 Å². The van der Waals surface area contributed by atoms with Crippen LogP contribution >= 0.6 is 0 Å². The number of nitrogens with zero attached hydrogens (tertiary/aromatic N) is 1. The average molecular weight is 287 g/mol. The normalized spacial score (nSPS) is 11.7. The Balaban J connectivity index is 3.33. The number of ether oxygens (including phenoxy) is 1. The maximum atomic E-state index is 12.3. The van der Waals surface area contributed by atoms with Crippen LogP contribution in [0.25, 0.3) is 0 Å². The maximum absolute atomic E-state index is 12.3. The van der Waals surface area contributed by atoms with Crippen molar-refractivity contribution in [3.63, 3.8) is 0 Å². The van der Waals surface area contributed by atoms with Gasteiger partial charge >= 0.3 is 7.12 Å². The Morgan fingerprint density at radius 1 is 1.26 bits per heavy atom. The molecule has 106 valence electrons. The Morgan fingerprint density at radius 2 is 1.84 bits per heavy atom. The lowest BCUT2D eigenvalue weighted by Crippen LogP contribution is -2.34. The van der Waals surface area contributed by atoms with Gasteiger partial charge in [0.1, 0.15) is 5.75 Å². The number of methoxy groups -OCH3 is 1. The van der Waals surface area contributed by atoms with Gasteiger partial charge in [-0.25, -0.2) is 8.42 Å². The molecule has 0 aliphatic heterocycles. The molecule has 2 N–H and O–H groups in total. The van der Waals surface area contributed by atoms with Crippen molar-refractivity contribution >= 4 is 22.6 Å². The van der Waals surface area contributed by atoms with Gasteiger partial charge in [0.05, 0.1) is 12.0 Å². The predicted octanol–water partition coefficient (Wildman–Crippen LogP) is -0.594. The maximum Gasteiger partial charge on any atom is 0.492 e. The van der Waals surface area contributed by atoms with E-state index >= 15 is 0 Å². The molecule has 1 rings (SSSR count). The van der Waals surface area contributed by atoms with Gasteiger partial charge in [0.25, 0.3) is 0 Å². The fourth-order valence-electron chi connectivity index (χ4n) is 1.79. The zero-order chi connectivity index (χ0) is 14.6. The molecule has 0 saturated heterocycles. The Hall–Kier alpha value is -1.09. The van der Waals surface area contributed by atoms with Crippen LogP contribution in [0.4, 0.5) is 0 Å². The quantitative estimate of drug-likeness (QED) is 0.683. The molecule has 0 aliphatic carbocycles. The molecule has 0 amide bonds. The van der Waals surface area contributed by atoms with E-state index in [1.54, 1.807) is 13.8 Å². The summed E-state index contributed by atoms with van der Waals surface area (Å²) < 4.78 is 30.8. The predicted molar refractivity (Wildman–Crippen MR) is 72.9 cm³/mol. The topological polar surface area (TPSA) is 87.1 Å². The Kier molecular flexibility index (Phi) is 5.36. The Bertz CT molecular complexity index is 528. The molecule has 0 spiro atoms. The minimum Gasteiger partial charge on any atom is -0.497 e. The molecule has 0 radical (unpaired) electrons. The number of hydrogen-bond acceptors (Lipinski definition) is 5. The third-order valence-electron chi connectivity index (χ3n) is 2.82. The van der Waals surface area contributed by atoms with E-state index in [1.807, 2.05) is 0 Å². The zero-order valence-corrected chi connectivity index (χ0v) is 12.0. The first-order chi connectivity index (χ1) is 8.88. The van der Waals surface area contributed by atoms with Gasteiger partial charge in [-0.1, -0.05) is 13.8 Å². The highest BCUT2D eigenvalue weighted by atomic mass is 32.2. The van der Waals surface area contributed by atoms with Crippen LogP contribution in [0.2, 0.25) is 0 Å². The molecule has 8 heteroatoms. The summed E-state index contributed by atoms with van der Waals surface area (Å²) in [6.07, 6.45) is 0. The lowest BCUT2D eigenvalue weighted by Gasteiger charge is -2.19. The Morgan fingerprint density at radius 3 is 2.26 bits per heavy atom. The van der Waals surface area contributed by atoms with Crippen LogP contribution < -0.4 is 10.2 Å². The molecule has 0 saturated carbocycles. The third kappa shape index (κ3) is 3.27. The molecule has 6 nitrogen and oxygen atoms in total. The van der Waals surface area contributed by atoms with E-state index in [-0.39, 0.29) is 16.1 Å². The van der Waals surface area contributed by atoms with Gasteiger partial charge in [-0.2, -0.15) is 4.31 Å². The fourth-order valence-corrected chi connectivity index (χ4v) is 3.28. The van der Waals surface area contributed by atoms with Gasteiger partial charge in [0.2, 0.25) is 10.0 Å². The molecule has 19 heavy (non-hydrogen) atoms. The standard InChI is InChI=1S/C11H18BNO5S/c1-4-13(5-2)19(16,17)9-6-7-11(18-3)10(8-9)12(14)15/h6-8,14-15H,4-5H2,1-3H3. The highest BCUT2D eigenvalue weighted by molar-refractivity contribution is 7.89. The molecule has 1 aromatic rings. The molecular weight excluding hydrogens is 269 g/mol. The van der Waals surface area contributed by atoms with Gasteiger partial charge in [-0.15, -0.1) is 0 Å². The van der Waals surface area contributed by atoms with Gasteiger partial charge in [0, 0.05) is 18.6 Å². The summed E-state index contributed by atoms with van der Waals surface area (Å²) in [7, 11) is -4.04. The summed E-state index contributed by atoms with van der Waals surface area (Å²) in [5.41, 5.74) is 0.0238. The van der Waals surface area contributed by atoms with Gasteiger partial charge in [-0.05, 0) is 18.2 Å². The van der Waals surface area contributed by atoms with E-state index < -0.39 is 17.1 Å². The van der Waals surface area contributed by atoms with Crippen LogP contribution in [-0.4, -0.2) is 50.1 Å². The third-order valence-corrected chi connectivity index (χ3v) is 4.87. The number of hydrogen-bond donors (Lipinski definition) is 2. The van der Waals surface area contributed by atoms with Crippen LogP contribution in [-0.2, 0) is 10.0 Å². The van der Waals surface area contributed by atoms with Crippen LogP contribution in [0.15, 0.2) is 23.1 Å². The molecule has 0 atom stereocenters. The molecule has 1 aromatic carbocycles. The summed E-state index contributed by atoms with van der Waals surface area (Å²) in [6, 6.07) is 4.01. The van der Waals surface area contributed by atoms with Crippen molar-refractivity contribution in [2.75, 3.05) is 20.2 Å². The van der Waals surface area contributed by atoms with E-state index in [0.29, 0.717) is 13.1 Å². The summed E-state index contributed by atoms with van der Waals surface area (Å²) in [5.74, 6) is 0.230. The van der Waals surface area contributed by atoms with Gasteiger partial charge < -0.3 is 14.8 Å². The molecular formula is C11H18BNO5S. The van der Waals surface area contributed by atoms with Crippen LogP contribution in [0, 0.1) is 0 Å². The number of sulfonamides is 1. The van der Waals surface area contributed by atoms with Crippen molar-refractivity contribution in [2.24, 2.45) is 0 Å². The lowest BCUT2D eigenvalue weighted by atomic mass is 9.79. The SMILES string of the molecule is CCN(CC)S(=O)(=O)c1ccc(OC)c(B(O)O)c1. The van der Waals surface area contributed by atoms with E-state index in [4.69, 9.17) is 4.74 Å². The fraction of sp³-hybridized carbons (Fsp3) is 0.455. The van der Waals surface area contributed by atoms with Crippen LogP contribution in [0.3, 0.4) is 0 Å². The average Bonchev–Trinajstić information content (AvgIpc) is 2.38. The van der Waals surface area contributed by atoms with Gasteiger partial charge in [-0.3, -0.25) is 0 Å². The minimum atomic E-state index is -3.63. The first-order valence-electron chi connectivity index (χ1n) is 5.92. The smallest absolute Gasteiger partial charge is 0.492 e. The number of benzene rings is 1. The molecule has 0 aromatic heterocycles. The van der Waals surface area contributed by atoms with Crippen molar-refractivity contribution in [2.45, 2.75) is 18.7 Å². The number of rotatable bonds is 6. The van der Waals surface area contributed by atoms with Crippen molar-refractivity contribution in [3.05, 3.63) is 18.2 Å². The highest BCUT2D eigenvalue weighted by Gasteiger charge is 2.25. The van der Waals surface area contributed by atoms with Crippen molar-refractivity contribution in [1.29, 1.82) is 0 Å². The monoisotopic (exact) mass is 287 g/mol. The van der Waals surface area contributed by atoms with Crippen LogP contribution in [0.5, 0.6) is 5.75 Å². The minimum absolute atomic E-state index is 0.0140. The molecule has 0 bridgehead atoms. The van der Waals surface area contributed by atoms with E-state index in [2.05, 4.69) is 0 Å². The second kappa shape index (κ2) is 6.38. The summed E-state index contributed by atoms with van der Waals surface area (Å²) in [6.45, 7) is 4.18. The van der Waals surface area contributed by atoms with E-state index in [0.717, 1.165) is 0 Å². The van der Waals surface area contributed by atoms with Gasteiger partial charge in [0.15, 0.2) is 0 Å². The molecule has 0 fully saturated rings. The molecule has 0 aliphatic rings.